The van der Waals surface area contributed by atoms with Gasteiger partial charge in [0.15, 0.2) is 15.6 Å². The summed E-state index contributed by atoms with van der Waals surface area (Å²) in [6.07, 6.45) is 2.23. The van der Waals surface area contributed by atoms with Crippen LogP contribution in [0.2, 0.25) is 0 Å². The van der Waals surface area contributed by atoms with Crippen LogP contribution in [0.5, 0.6) is 5.75 Å². The number of rotatable bonds is 8. The summed E-state index contributed by atoms with van der Waals surface area (Å²) in [7, 11) is -3.08. The van der Waals surface area contributed by atoms with Gasteiger partial charge in [0.1, 0.15) is 18.1 Å². The van der Waals surface area contributed by atoms with Crippen molar-refractivity contribution in [2.24, 2.45) is 0 Å². The molecule has 1 atom stereocenters. The lowest BCUT2D eigenvalue weighted by atomic mass is 10.1. The normalized spacial score (nSPS) is 17.6. The van der Waals surface area contributed by atoms with Gasteiger partial charge in [-0.05, 0) is 47.9 Å². The van der Waals surface area contributed by atoms with Gasteiger partial charge < -0.3 is 14.1 Å². The number of sulfone groups is 1. The van der Waals surface area contributed by atoms with E-state index in [1.807, 2.05) is 49.4 Å². The Labute approximate surface area is 182 Å². The van der Waals surface area contributed by atoms with E-state index in [9.17, 15) is 13.2 Å². The molecule has 2 aromatic carbocycles. The Morgan fingerprint density at radius 1 is 1.13 bits per heavy atom. The van der Waals surface area contributed by atoms with Gasteiger partial charge in [-0.1, -0.05) is 43.7 Å². The Kier molecular flexibility index (Phi) is 6.32. The van der Waals surface area contributed by atoms with Gasteiger partial charge >= 0.3 is 0 Å². The number of amides is 1. The van der Waals surface area contributed by atoms with Gasteiger partial charge in [0.2, 0.25) is 0 Å². The Bertz CT molecular complexity index is 1170. The van der Waals surface area contributed by atoms with Gasteiger partial charge in [0.05, 0.1) is 11.5 Å². The van der Waals surface area contributed by atoms with Crippen LogP contribution in [0.4, 0.5) is 0 Å². The van der Waals surface area contributed by atoms with Crippen LogP contribution in [0, 0.1) is 0 Å². The Balaban J connectivity index is 1.43. The summed E-state index contributed by atoms with van der Waals surface area (Å²) in [6, 6.07) is 17.0. The van der Waals surface area contributed by atoms with Gasteiger partial charge in [-0.2, -0.15) is 0 Å². The summed E-state index contributed by atoms with van der Waals surface area (Å²) in [5.74, 6) is 1.40. The summed E-state index contributed by atoms with van der Waals surface area (Å²) in [5.41, 5.74) is 0. The fourth-order valence-corrected chi connectivity index (χ4v) is 5.65. The van der Waals surface area contributed by atoms with E-state index in [1.165, 1.54) is 0 Å². The number of carbonyl (C=O) groups is 1. The summed E-state index contributed by atoms with van der Waals surface area (Å²) >= 11 is 0. The number of furan rings is 1. The molecule has 4 rings (SSSR count). The molecule has 0 spiro atoms. The number of unbranched alkanes of at least 4 members (excludes halogenated alkanes) is 1. The molecule has 1 saturated heterocycles. The maximum absolute atomic E-state index is 13.1. The first-order valence-electron chi connectivity index (χ1n) is 10.7. The summed E-state index contributed by atoms with van der Waals surface area (Å²) in [5, 5.41) is 2.23. The molecule has 0 aliphatic carbocycles. The van der Waals surface area contributed by atoms with Crippen LogP contribution in [-0.2, 0) is 16.4 Å². The monoisotopic (exact) mass is 441 g/mol. The van der Waals surface area contributed by atoms with Gasteiger partial charge in [-0.25, -0.2) is 8.42 Å². The molecule has 1 unspecified atom stereocenters. The highest BCUT2D eigenvalue weighted by Gasteiger charge is 2.35. The average molecular weight is 442 g/mol. The molecule has 0 radical (unpaired) electrons. The van der Waals surface area contributed by atoms with Crippen LogP contribution in [-0.4, -0.2) is 43.3 Å². The molecule has 3 aromatic rings. The Morgan fingerprint density at radius 3 is 2.68 bits per heavy atom. The molecule has 1 aliphatic heterocycles. The van der Waals surface area contributed by atoms with Gasteiger partial charge in [-0.3, -0.25) is 4.79 Å². The molecule has 1 amide bonds. The van der Waals surface area contributed by atoms with Crippen molar-refractivity contribution in [2.75, 3.05) is 18.1 Å². The topological polar surface area (TPSA) is 76.8 Å². The van der Waals surface area contributed by atoms with Crippen LogP contribution < -0.4 is 4.74 Å². The molecule has 6 nitrogen and oxygen atoms in total. The SMILES string of the molecule is CCCCN(C(=O)c1ccc(COc2ccc3ccccc3c2)o1)C1CCS(=O)(=O)C1. The molecule has 1 aliphatic rings. The summed E-state index contributed by atoms with van der Waals surface area (Å²) < 4.78 is 35.4. The molecular weight excluding hydrogens is 414 g/mol. The second-order valence-electron chi connectivity index (χ2n) is 7.97. The number of hydrogen-bond acceptors (Lipinski definition) is 5. The molecule has 0 bridgehead atoms. The van der Waals surface area contributed by atoms with Crippen molar-refractivity contribution in [1.82, 2.24) is 4.90 Å². The highest BCUT2D eigenvalue weighted by molar-refractivity contribution is 7.91. The number of benzene rings is 2. The lowest BCUT2D eigenvalue weighted by Gasteiger charge is -2.27. The standard InChI is InChI=1S/C24H27NO5S/c1-2-3-13-25(20-12-14-31(27,28)17-20)24(26)23-11-10-22(30-23)16-29-21-9-8-18-6-4-5-7-19(18)15-21/h4-11,15,20H,2-3,12-14,16-17H2,1H3. The molecule has 1 aromatic heterocycles. The molecule has 7 heteroatoms. The molecule has 31 heavy (non-hydrogen) atoms. The van der Waals surface area contributed by atoms with Crippen molar-refractivity contribution in [1.29, 1.82) is 0 Å². The average Bonchev–Trinajstić information content (AvgIpc) is 3.38. The fourth-order valence-electron chi connectivity index (χ4n) is 3.92. The van der Waals surface area contributed by atoms with Gasteiger partial charge in [0, 0.05) is 12.6 Å². The first-order valence-corrected chi connectivity index (χ1v) is 12.5. The number of carbonyl (C=O) groups excluding carboxylic acids is 1. The minimum Gasteiger partial charge on any atom is -0.486 e. The number of nitrogens with zero attached hydrogens (tertiary/aromatic N) is 1. The maximum Gasteiger partial charge on any atom is 0.289 e. The van der Waals surface area contributed by atoms with Gasteiger partial charge in [-0.15, -0.1) is 0 Å². The zero-order valence-electron chi connectivity index (χ0n) is 17.6. The van der Waals surface area contributed by atoms with Gasteiger partial charge in [0.25, 0.3) is 5.91 Å². The van der Waals surface area contributed by atoms with Crippen molar-refractivity contribution in [3.8, 4) is 5.75 Å². The van der Waals surface area contributed by atoms with Crippen LogP contribution in [0.25, 0.3) is 10.8 Å². The highest BCUT2D eigenvalue weighted by Crippen LogP contribution is 2.24. The zero-order chi connectivity index (χ0) is 21.8. The molecule has 1 fully saturated rings. The molecule has 0 N–H and O–H groups in total. The second kappa shape index (κ2) is 9.14. The quantitative estimate of drug-likeness (QED) is 0.516. The fraction of sp³-hybridized carbons (Fsp3) is 0.375. The third-order valence-corrected chi connectivity index (χ3v) is 7.39. The lowest BCUT2D eigenvalue weighted by molar-refractivity contribution is 0.0657. The number of fused-ring (bicyclic) bond motifs is 1. The minimum atomic E-state index is -3.08. The van der Waals surface area contributed by atoms with E-state index < -0.39 is 9.84 Å². The molecule has 0 saturated carbocycles. The Morgan fingerprint density at radius 2 is 1.94 bits per heavy atom. The van der Waals surface area contributed by atoms with Crippen LogP contribution in [0.3, 0.4) is 0 Å². The third-order valence-electron chi connectivity index (χ3n) is 5.64. The Hall–Kier alpha value is -2.80. The summed E-state index contributed by atoms with van der Waals surface area (Å²) in [4.78, 5) is 14.7. The van der Waals surface area contributed by atoms with E-state index in [4.69, 9.17) is 9.15 Å². The van der Waals surface area contributed by atoms with E-state index >= 15 is 0 Å². The zero-order valence-corrected chi connectivity index (χ0v) is 18.4. The molecular formula is C24H27NO5S. The number of ether oxygens (including phenoxy) is 1. The smallest absolute Gasteiger partial charge is 0.289 e. The third kappa shape index (κ3) is 5.10. The van der Waals surface area contributed by atoms with Crippen LogP contribution >= 0.6 is 0 Å². The van der Waals surface area contributed by atoms with E-state index in [-0.39, 0.29) is 35.8 Å². The number of hydrogen-bond donors (Lipinski definition) is 0. The first kappa shape index (κ1) is 21.4. The van der Waals surface area contributed by atoms with Crippen LogP contribution in [0.15, 0.2) is 59.0 Å². The lowest BCUT2D eigenvalue weighted by Crippen LogP contribution is -2.41. The summed E-state index contributed by atoms with van der Waals surface area (Å²) in [6.45, 7) is 2.78. The van der Waals surface area contributed by atoms with E-state index in [2.05, 4.69) is 0 Å². The predicted molar refractivity (Wildman–Crippen MR) is 120 cm³/mol. The van der Waals surface area contributed by atoms with E-state index in [0.29, 0.717) is 18.7 Å². The van der Waals surface area contributed by atoms with Crippen molar-refractivity contribution < 1.29 is 22.4 Å². The maximum atomic E-state index is 13.1. The predicted octanol–water partition coefficient (Wildman–Crippen LogP) is 4.44. The molecule has 2 heterocycles. The first-order chi connectivity index (χ1) is 14.9. The minimum absolute atomic E-state index is 0.0289. The largest absolute Gasteiger partial charge is 0.486 e. The van der Waals surface area contributed by atoms with Crippen molar-refractivity contribution >= 4 is 26.5 Å². The van der Waals surface area contributed by atoms with Crippen molar-refractivity contribution in [3.05, 3.63) is 66.1 Å². The van der Waals surface area contributed by atoms with E-state index in [0.717, 1.165) is 29.4 Å². The van der Waals surface area contributed by atoms with Crippen molar-refractivity contribution in [3.63, 3.8) is 0 Å². The second-order valence-corrected chi connectivity index (χ2v) is 10.2. The molecule has 164 valence electrons. The van der Waals surface area contributed by atoms with Crippen molar-refractivity contribution in [2.45, 2.75) is 38.8 Å². The highest BCUT2D eigenvalue weighted by atomic mass is 32.2. The van der Waals surface area contributed by atoms with E-state index in [1.54, 1.807) is 17.0 Å². The van der Waals surface area contributed by atoms with Crippen LogP contribution in [0.1, 0.15) is 42.5 Å².